The second-order valence-corrected chi connectivity index (χ2v) is 4.20. The molecule has 0 aliphatic heterocycles. The van der Waals surface area contributed by atoms with Crippen LogP contribution in [0.25, 0.3) is 0 Å². The molecule has 2 rings (SSSR count). The number of rotatable bonds is 4. The molecule has 0 bridgehead atoms. The van der Waals surface area contributed by atoms with Crippen molar-refractivity contribution in [2.24, 2.45) is 0 Å². The zero-order valence-corrected chi connectivity index (χ0v) is 10.8. The number of hydrogen-bond donors (Lipinski definition) is 1. The van der Waals surface area contributed by atoms with E-state index >= 15 is 0 Å². The van der Waals surface area contributed by atoms with Crippen LogP contribution in [0.5, 0.6) is 11.5 Å². The summed E-state index contributed by atoms with van der Waals surface area (Å²) in [6.07, 6.45) is 0.936. The van der Waals surface area contributed by atoms with Gasteiger partial charge in [0.2, 0.25) is 0 Å². The molecule has 0 spiro atoms. The van der Waals surface area contributed by atoms with Gasteiger partial charge in [-0.1, -0.05) is 25.1 Å². The number of aliphatic hydroxyl groups is 1. The SMILES string of the molecule is CCc1cccc(Oc2ccc(CO)cc2C#N)c1. The third-order valence-electron chi connectivity index (χ3n) is 2.88. The molecule has 0 aromatic heterocycles. The third-order valence-corrected chi connectivity index (χ3v) is 2.88. The van der Waals surface area contributed by atoms with E-state index in [1.165, 1.54) is 5.56 Å². The number of nitrogens with zero attached hydrogens (tertiary/aromatic N) is 1. The van der Waals surface area contributed by atoms with E-state index in [-0.39, 0.29) is 6.61 Å². The maximum Gasteiger partial charge on any atom is 0.145 e. The molecule has 19 heavy (non-hydrogen) atoms. The largest absolute Gasteiger partial charge is 0.456 e. The van der Waals surface area contributed by atoms with Gasteiger partial charge in [0.1, 0.15) is 17.6 Å². The molecule has 0 atom stereocenters. The molecule has 0 aliphatic rings. The molecule has 2 aromatic carbocycles. The number of hydrogen-bond acceptors (Lipinski definition) is 3. The summed E-state index contributed by atoms with van der Waals surface area (Å²) in [5.41, 5.74) is 2.31. The summed E-state index contributed by atoms with van der Waals surface area (Å²) in [6, 6.07) is 15.0. The molecule has 2 aromatic rings. The van der Waals surface area contributed by atoms with Crippen LogP contribution in [-0.2, 0) is 13.0 Å². The summed E-state index contributed by atoms with van der Waals surface area (Å²) in [7, 11) is 0. The van der Waals surface area contributed by atoms with Crippen LogP contribution in [0.2, 0.25) is 0 Å². The van der Waals surface area contributed by atoms with E-state index in [4.69, 9.17) is 15.1 Å². The van der Waals surface area contributed by atoms with E-state index in [2.05, 4.69) is 13.0 Å². The first-order valence-electron chi connectivity index (χ1n) is 6.17. The summed E-state index contributed by atoms with van der Waals surface area (Å²) >= 11 is 0. The van der Waals surface area contributed by atoms with E-state index in [9.17, 15) is 0 Å². The Hall–Kier alpha value is -2.31. The standard InChI is InChI=1S/C16H15NO2/c1-2-12-4-3-5-15(9-12)19-16-7-6-13(11-18)8-14(16)10-17/h3-9,18H,2,11H2,1H3. The Kier molecular flexibility index (Phi) is 4.17. The van der Waals surface area contributed by atoms with Gasteiger partial charge in [-0.25, -0.2) is 0 Å². The van der Waals surface area contributed by atoms with E-state index in [1.54, 1.807) is 18.2 Å². The molecule has 0 radical (unpaired) electrons. The average molecular weight is 253 g/mol. The summed E-state index contributed by atoms with van der Waals surface area (Å²) in [5.74, 6) is 1.22. The van der Waals surface area contributed by atoms with Crippen LogP contribution < -0.4 is 4.74 Å². The van der Waals surface area contributed by atoms with Crippen molar-refractivity contribution in [2.75, 3.05) is 0 Å². The number of aliphatic hydroxyl groups excluding tert-OH is 1. The smallest absolute Gasteiger partial charge is 0.145 e. The van der Waals surface area contributed by atoms with Crippen LogP contribution in [0.15, 0.2) is 42.5 Å². The Morgan fingerprint density at radius 2 is 2.00 bits per heavy atom. The zero-order chi connectivity index (χ0) is 13.7. The molecule has 0 amide bonds. The van der Waals surface area contributed by atoms with E-state index in [0.29, 0.717) is 22.6 Å². The predicted molar refractivity (Wildman–Crippen MR) is 73.0 cm³/mol. The van der Waals surface area contributed by atoms with Gasteiger partial charge in [-0.2, -0.15) is 5.26 Å². The lowest BCUT2D eigenvalue weighted by molar-refractivity contribution is 0.281. The van der Waals surface area contributed by atoms with Gasteiger partial charge in [-0.3, -0.25) is 0 Å². The number of benzene rings is 2. The second kappa shape index (κ2) is 6.03. The molecule has 0 unspecified atom stereocenters. The number of aryl methyl sites for hydroxylation is 1. The van der Waals surface area contributed by atoms with Crippen LogP contribution in [-0.4, -0.2) is 5.11 Å². The minimum absolute atomic E-state index is 0.0831. The first kappa shape index (κ1) is 13.1. The second-order valence-electron chi connectivity index (χ2n) is 4.20. The lowest BCUT2D eigenvalue weighted by atomic mass is 10.1. The van der Waals surface area contributed by atoms with Crippen LogP contribution in [0.1, 0.15) is 23.6 Å². The van der Waals surface area contributed by atoms with Gasteiger partial charge in [-0.05, 0) is 41.8 Å². The minimum Gasteiger partial charge on any atom is -0.456 e. The summed E-state index contributed by atoms with van der Waals surface area (Å²) < 4.78 is 5.74. The van der Waals surface area contributed by atoms with Crippen molar-refractivity contribution >= 4 is 0 Å². The fraction of sp³-hybridized carbons (Fsp3) is 0.188. The molecule has 0 fully saturated rings. The molecular formula is C16H15NO2. The topological polar surface area (TPSA) is 53.2 Å². The van der Waals surface area contributed by atoms with E-state index in [1.807, 2.05) is 24.3 Å². The normalized spacial score (nSPS) is 9.95. The van der Waals surface area contributed by atoms with Crippen LogP contribution >= 0.6 is 0 Å². The maximum atomic E-state index is 9.11. The highest BCUT2D eigenvalue weighted by molar-refractivity contribution is 5.47. The summed E-state index contributed by atoms with van der Waals surface area (Å²) in [4.78, 5) is 0. The first-order valence-corrected chi connectivity index (χ1v) is 6.17. The van der Waals surface area contributed by atoms with Gasteiger partial charge in [0.25, 0.3) is 0 Å². The monoisotopic (exact) mass is 253 g/mol. The van der Waals surface area contributed by atoms with Gasteiger partial charge in [0.15, 0.2) is 0 Å². The van der Waals surface area contributed by atoms with Crippen molar-refractivity contribution in [1.82, 2.24) is 0 Å². The quantitative estimate of drug-likeness (QED) is 0.908. The van der Waals surface area contributed by atoms with Gasteiger partial charge >= 0.3 is 0 Å². The molecular weight excluding hydrogens is 238 g/mol. The lowest BCUT2D eigenvalue weighted by Crippen LogP contribution is -1.92. The van der Waals surface area contributed by atoms with Crippen molar-refractivity contribution < 1.29 is 9.84 Å². The molecule has 0 heterocycles. The average Bonchev–Trinajstić information content (AvgIpc) is 2.48. The Morgan fingerprint density at radius 1 is 1.16 bits per heavy atom. The fourth-order valence-corrected chi connectivity index (χ4v) is 1.81. The van der Waals surface area contributed by atoms with Crippen molar-refractivity contribution in [1.29, 1.82) is 5.26 Å². The first-order chi connectivity index (χ1) is 9.26. The highest BCUT2D eigenvalue weighted by atomic mass is 16.5. The van der Waals surface area contributed by atoms with Crippen molar-refractivity contribution in [2.45, 2.75) is 20.0 Å². The van der Waals surface area contributed by atoms with E-state index < -0.39 is 0 Å². The van der Waals surface area contributed by atoms with Gasteiger partial charge < -0.3 is 9.84 Å². The van der Waals surface area contributed by atoms with Gasteiger partial charge in [-0.15, -0.1) is 0 Å². The Balaban J connectivity index is 2.30. The minimum atomic E-state index is -0.0831. The molecule has 0 saturated carbocycles. The van der Waals surface area contributed by atoms with Crippen molar-refractivity contribution in [3.05, 3.63) is 59.2 Å². The Morgan fingerprint density at radius 3 is 2.68 bits per heavy atom. The molecule has 0 aliphatic carbocycles. The van der Waals surface area contributed by atoms with Crippen molar-refractivity contribution in [3.8, 4) is 17.6 Å². The summed E-state index contributed by atoms with van der Waals surface area (Å²) in [6.45, 7) is 2.00. The fourth-order valence-electron chi connectivity index (χ4n) is 1.81. The third kappa shape index (κ3) is 3.12. The predicted octanol–water partition coefficient (Wildman–Crippen LogP) is 3.41. The van der Waals surface area contributed by atoms with Gasteiger partial charge in [0.05, 0.1) is 12.2 Å². The highest BCUT2D eigenvalue weighted by Gasteiger charge is 2.06. The van der Waals surface area contributed by atoms with Crippen LogP contribution in [0.4, 0.5) is 0 Å². The highest BCUT2D eigenvalue weighted by Crippen LogP contribution is 2.26. The van der Waals surface area contributed by atoms with Crippen molar-refractivity contribution in [3.63, 3.8) is 0 Å². The Bertz CT molecular complexity index is 614. The molecule has 0 saturated heterocycles. The number of ether oxygens (including phenoxy) is 1. The zero-order valence-electron chi connectivity index (χ0n) is 10.8. The molecule has 3 heteroatoms. The maximum absolute atomic E-state index is 9.11. The van der Waals surface area contributed by atoms with E-state index in [0.717, 1.165) is 6.42 Å². The molecule has 3 nitrogen and oxygen atoms in total. The molecule has 96 valence electrons. The van der Waals surface area contributed by atoms with Crippen LogP contribution in [0.3, 0.4) is 0 Å². The lowest BCUT2D eigenvalue weighted by Gasteiger charge is -2.09. The van der Waals surface area contributed by atoms with Crippen LogP contribution in [0, 0.1) is 11.3 Å². The Labute approximate surface area is 112 Å². The summed E-state index contributed by atoms with van der Waals surface area (Å²) in [5, 5.41) is 18.2. The van der Waals surface area contributed by atoms with Gasteiger partial charge in [0, 0.05) is 0 Å². The number of nitriles is 1. The molecule has 1 N–H and O–H groups in total.